The first-order valence-corrected chi connectivity index (χ1v) is 9.52. The van der Waals surface area contributed by atoms with Crippen molar-refractivity contribution in [2.24, 2.45) is 7.05 Å². The van der Waals surface area contributed by atoms with E-state index in [9.17, 15) is 4.79 Å². The molecule has 0 fully saturated rings. The molecule has 0 bridgehead atoms. The van der Waals surface area contributed by atoms with Crippen molar-refractivity contribution in [2.45, 2.75) is 33.2 Å². The first-order valence-electron chi connectivity index (χ1n) is 9.52. The summed E-state index contributed by atoms with van der Waals surface area (Å²) in [6, 6.07) is 9.60. The van der Waals surface area contributed by atoms with E-state index >= 15 is 0 Å². The minimum atomic E-state index is -0.196. The van der Waals surface area contributed by atoms with E-state index in [1.54, 1.807) is 24.1 Å². The Morgan fingerprint density at radius 2 is 1.86 bits per heavy atom. The Kier molecular flexibility index (Phi) is 4.84. The Balaban J connectivity index is 1.67. The minimum Gasteiger partial charge on any atom is -0.425 e. The maximum Gasteiger partial charge on any atom is 0.306 e. The van der Waals surface area contributed by atoms with Crippen LogP contribution in [0.25, 0.3) is 22.4 Å². The summed E-state index contributed by atoms with van der Waals surface area (Å²) in [5.74, 6) is 1.24. The van der Waals surface area contributed by atoms with Gasteiger partial charge in [-0.15, -0.1) is 0 Å². The Morgan fingerprint density at radius 1 is 1.10 bits per heavy atom. The van der Waals surface area contributed by atoms with Crippen molar-refractivity contribution in [3.05, 3.63) is 58.8 Å². The van der Waals surface area contributed by atoms with Gasteiger partial charge in [-0.1, -0.05) is 6.92 Å². The van der Waals surface area contributed by atoms with Crippen molar-refractivity contribution in [3.63, 3.8) is 0 Å². The highest BCUT2D eigenvalue weighted by Gasteiger charge is 2.16. The molecule has 0 saturated heterocycles. The van der Waals surface area contributed by atoms with E-state index in [0.29, 0.717) is 22.6 Å². The molecule has 4 aromatic rings. The second-order valence-electron chi connectivity index (χ2n) is 7.03. The van der Waals surface area contributed by atoms with Gasteiger partial charge in [0, 0.05) is 30.5 Å². The van der Waals surface area contributed by atoms with Crippen LogP contribution in [0.15, 0.2) is 47.5 Å². The molecular weight excluding hydrogens is 368 g/mol. The zero-order valence-corrected chi connectivity index (χ0v) is 16.8. The number of hydrogen-bond acceptors (Lipinski definition) is 6. The average molecular weight is 390 g/mol. The predicted molar refractivity (Wildman–Crippen MR) is 110 cm³/mol. The lowest BCUT2D eigenvalue weighted by Gasteiger charge is -2.11. The lowest BCUT2D eigenvalue weighted by atomic mass is 10.2. The van der Waals surface area contributed by atoms with Gasteiger partial charge in [0.05, 0.1) is 6.20 Å². The zero-order valence-electron chi connectivity index (χ0n) is 16.8. The van der Waals surface area contributed by atoms with Gasteiger partial charge in [0.15, 0.2) is 11.5 Å². The summed E-state index contributed by atoms with van der Waals surface area (Å²) >= 11 is 0. The number of aryl methyl sites for hydroxylation is 1. The maximum atomic E-state index is 12.6. The third kappa shape index (κ3) is 3.49. The molecule has 0 N–H and O–H groups in total. The number of ether oxygens (including phenoxy) is 1. The predicted octanol–water partition coefficient (Wildman–Crippen LogP) is 3.52. The van der Waals surface area contributed by atoms with Crippen LogP contribution in [0, 0.1) is 0 Å². The number of rotatable bonds is 5. The molecular formula is C21H22N6O2. The standard InChI is InChI=1S/C21H22N6O2/c1-5-15-10-11-22-18(24-15)14-6-8-16(9-7-14)29-21-25-19-17(20(28)26(21)4)12-23-27(19)13(2)3/h6-13H,5H2,1-4H3. The molecule has 3 aromatic heterocycles. The van der Waals surface area contributed by atoms with Crippen LogP contribution in [0.2, 0.25) is 0 Å². The van der Waals surface area contributed by atoms with Crippen LogP contribution in [0.4, 0.5) is 0 Å². The van der Waals surface area contributed by atoms with Gasteiger partial charge in [-0.05, 0) is 50.6 Å². The summed E-state index contributed by atoms with van der Waals surface area (Å²) in [6.45, 7) is 6.03. The van der Waals surface area contributed by atoms with E-state index in [1.165, 1.54) is 4.57 Å². The van der Waals surface area contributed by atoms with Crippen molar-refractivity contribution in [1.82, 2.24) is 29.3 Å². The number of fused-ring (bicyclic) bond motifs is 1. The molecule has 8 heteroatoms. The molecule has 0 spiro atoms. The monoisotopic (exact) mass is 390 g/mol. The summed E-state index contributed by atoms with van der Waals surface area (Å²) in [6.07, 6.45) is 4.16. The van der Waals surface area contributed by atoms with Crippen molar-refractivity contribution >= 4 is 11.0 Å². The number of hydrogen-bond donors (Lipinski definition) is 0. The second-order valence-corrected chi connectivity index (χ2v) is 7.03. The molecule has 0 radical (unpaired) electrons. The molecule has 0 aliphatic carbocycles. The van der Waals surface area contributed by atoms with Crippen molar-refractivity contribution < 1.29 is 4.74 Å². The molecule has 1 aromatic carbocycles. The molecule has 8 nitrogen and oxygen atoms in total. The Hall–Kier alpha value is -3.55. The molecule has 0 amide bonds. The van der Waals surface area contributed by atoms with E-state index in [1.807, 2.05) is 44.2 Å². The molecule has 0 atom stereocenters. The first-order chi connectivity index (χ1) is 14.0. The van der Waals surface area contributed by atoms with Gasteiger partial charge in [-0.3, -0.25) is 9.36 Å². The molecule has 0 aliphatic rings. The molecule has 4 rings (SSSR count). The Labute approximate surface area is 167 Å². The maximum absolute atomic E-state index is 12.6. The molecule has 0 saturated carbocycles. The van der Waals surface area contributed by atoms with Gasteiger partial charge in [0.25, 0.3) is 5.56 Å². The zero-order chi connectivity index (χ0) is 20.5. The number of aromatic nitrogens is 6. The van der Waals surface area contributed by atoms with Crippen LogP contribution >= 0.6 is 0 Å². The second kappa shape index (κ2) is 7.46. The van der Waals surface area contributed by atoms with E-state index in [0.717, 1.165) is 17.7 Å². The Bertz CT molecular complexity index is 1220. The van der Waals surface area contributed by atoms with Crippen LogP contribution in [0.1, 0.15) is 32.5 Å². The van der Waals surface area contributed by atoms with Crippen molar-refractivity contribution in [2.75, 3.05) is 0 Å². The molecule has 29 heavy (non-hydrogen) atoms. The van der Waals surface area contributed by atoms with Crippen LogP contribution in [-0.2, 0) is 13.5 Å². The molecule has 3 heterocycles. The normalized spacial score (nSPS) is 11.3. The molecule has 0 unspecified atom stereocenters. The lowest BCUT2D eigenvalue weighted by molar-refractivity contribution is 0.413. The van der Waals surface area contributed by atoms with Gasteiger partial charge in [0.2, 0.25) is 0 Å². The summed E-state index contributed by atoms with van der Waals surface area (Å²) in [5.41, 5.74) is 2.20. The highest BCUT2D eigenvalue weighted by molar-refractivity contribution is 5.73. The third-order valence-electron chi connectivity index (χ3n) is 4.68. The van der Waals surface area contributed by atoms with Gasteiger partial charge in [-0.2, -0.15) is 10.1 Å². The third-order valence-corrected chi connectivity index (χ3v) is 4.68. The number of benzene rings is 1. The van der Waals surface area contributed by atoms with Crippen LogP contribution in [0.5, 0.6) is 11.8 Å². The number of nitrogens with zero attached hydrogens (tertiary/aromatic N) is 6. The SMILES string of the molecule is CCc1ccnc(-c2ccc(Oc3nc4c(cnn4C(C)C)c(=O)n3C)cc2)n1. The van der Waals surface area contributed by atoms with E-state index < -0.39 is 0 Å². The van der Waals surface area contributed by atoms with E-state index in [2.05, 4.69) is 27.0 Å². The van der Waals surface area contributed by atoms with E-state index in [-0.39, 0.29) is 17.6 Å². The summed E-state index contributed by atoms with van der Waals surface area (Å²) in [4.78, 5) is 26.0. The fourth-order valence-electron chi connectivity index (χ4n) is 3.03. The van der Waals surface area contributed by atoms with Crippen LogP contribution in [-0.4, -0.2) is 29.3 Å². The largest absolute Gasteiger partial charge is 0.425 e. The van der Waals surface area contributed by atoms with E-state index in [4.69, 9.17) is 4.74 Å². The average Bonchev–Trinajstić information content (AvgIpc) is 3.16. The van der Waals surface area contributed by atoms with Gasteiger partial charge >= 0.3 is 6.01 Å². The lowest BCUT2D eigenvalue weighted by Crippen LogP contribution is -2.20. The summed E-state index contributed by atoms with van der Waals surface area (Å²) in [7, 11) is 1.63. The topological polar surface area (TPSA) is 87.7 Å². The van der Waals surface area contributed by atoms with Crippen LogP contribution in [0.3, 0.4) is 0 Å². The quantitative estimate of drug-likeness (QED) is 0.518. The highest BCUT2D eigenvalue weighted by atomic mass is 16.5. The van der Waals surface area contributed by atoms with Crippen molar-refractivity contribution in [3.8, 4) is 23.1 Å². The smallest absolute Gasteiger partial charge is 0.306 e. The molecule has 0 aliphatic heterocycles. The van der Waals surface area contributed by atoms with Crippen molar-refractivity contribution in [1.29, 1.82) is 0 Å². The minimum absolute atomic E-state index is 0.0816. The van der Waals surface area contributed by atoms with Gasteiger partial charge in [0.1, 0.15) is 11.1 Å². The summed E-state index contributed by atoms with van der Waals surface area (Å²) in [5, 5.41) is 4.74. The molecule has 148 valence electrons. The van der Waals surface area contributed by atoms with Crippen LogP contribution < -0.4 is 10.3 Å². The fourth-order valence-corrected chi connectivity index (χ4v) is 3.03. The fraction of sp³-hybridized carbons (Fsp3) is 0.286. The van der Waals surface area contributed by atoms with Gasteiger partial charge < -0.3 is 4.74 Å². The Morgan fingerprint density at radius 3 is 2.55 bits per heavy atom. The first kappa shape index (κ1) is 18.8. The van der Waals surface area contributed by atoms with Gasteiger partial charge in [-0.25, -0.2) is 14.6 Å². The summed E-state index contributed by atoms with van der Waals surface area (Å²) < 4.78 is 9.01. The highest BCUT2D eigenvalue weighted by Crippen LogP contribution is 2.24.